The third-order valence-electron chi connectivity index (χ3n) is 18.7. The first-order valence-electron chi connectivity index (χ1n) is 23.9. The fourth-order valence-electron chi connectivity index (χ4n) is 14.8. The Morgan fingerprint density at radius 2 is 1.26 bits per heavy atom. The maximum atomic E-state index is 12.4. The summed E-state index contributed by atoms with van der Waals surface area (Å²) < 4.78 is 36.1. The van der Waals surface area contributed by atoms with Crippen LogP contribution in [-0.2, 0) is 33.2 Å². The molecule has 0 aromatic rings. The van der Waals surface area contributed by atoms with E-state index in [4.69, 9.17) is 28.4 Å². The fourth-order valence-corrected chi connectivity index (χ4v) is 14.8. The summed E-state index contributed by atoms with van der Waals surface area (Å²) in [6.45, 7) is 13.9. The summed E-state index contributed by atoms with van der Waals surface area (Å²) in [4.78, 5) is 12.4. The van der Waals surface area contributed by atoms with Crippen molar-refractivity contribution < 1.29 is 89.4 Å². The molecule has 372 valence electrons. The molecule has 25 atom stereocenters. The predicted molar refractivity (Wildman–Crippen MR) is 226 cm³/mol. The van der Waals surface area contributed by atoms with E-state index in [2.05, 4.69) is 40.7 Å². The number of aliphatic carboxylic acids is 1. The number of allylic oxidation sites excluding steroid dienone is 2. The first-order chi connectivity index (χ1) is 30.4. The van der Waals surface area contributed by atoms with Crippen molar-refractivity contribution in [3.8, 4) is 0 Å². The molecule has 4 saturated carbocycles. The smallest absolute Gasteiger partial charge is 0.335 e. The predicted octanol–water partition coefficient (Wildman–Crippen LogP) is 0.315. The molecule has 11 N–H and O–H groups in total. The minimum absolute atomic E-state index is 0.0224. The lowest BCUT2D eigenvalue weighted by Gasteiger charge is -2.69. The number of rotatable bonds is 9. The number of carboxylic acids is 1. The van der Waals surface area contributed by atoms with E-state index in [0.717, 1.165) is 44.9 Å². The molecule has 0 spiro atoms. The van der Waals surface area contributed by atoms with Crippen molar-refractivity contribution in [2.45, 2.75) is 211 Å². The molecule has 8 rings (SSSR count). The molecule has 65 heavy (non-hydrogen) atoms. The zero-order chi connectivity index (χ0) is 47.5. The van der Waals surface area contributed by atoms with Crippen LogP contribution in [0.4, 0.5) is 0 Å². The first-order valence-corrected chi connectivity index (χ1v) is 23.9. The van der Waals surface area contributed by atoms with Gasteiger partial charge in [0.1, 0.15) is 61.0 Å². The molecule has 3 saturated heterocycles. The molecule has 0 unspecified atom stereocenters. The quantitative estimate of drug-likeness (QED) is 0.110. The minimum atomic E-state index is -2.06. The van der Waals surface area contributed by atoms with E-state index in [-0.39, 0.29) is 46.2 Å². The molecular weight excluding hydrogens is 852 g/mol. The Balaban J connectivity index is 1.06. The maximum absolute atomic E-state index is 12.4. The van der Waals surface area contributed by atoms with E-state index in [0.29, 0.717) is 24.7 Å². The maximum Gasteiger partial charge on any atom is 0.335 e. The average molecular weight is 929 g/mol. The van der Waals surface area contributed by atoms with Crippen LogP contribution in [0.2, 0.25) is 0 Å². The third-order valence-corrected chi connectivity index (χ3v) is 18.7. The van der Waals surface area contributed by atoms with Crippen molar-refractivity contribution in [1.82, 2.24) is 0 Å². The van der Waals surface area contributed by atoms with Gasteiger partial charge in [-0.25, -0.2) is 4.79 Å². The van der Waals surface area contributed by atoms with Gasteiger partial charge in [0.2, 0.25) is 0 Å². The van der Waals surface area contributed by atoms with E-state index in [9.17, 15) is 61.0 Å². The minimum Gasteiger partial charge on any atom is -0.479 e. The Morgan fingerprint density at radius 3 is 1.91 bits per heavy atom. The van der Waals surface area contributed by atoms with Gasteiger partial charge in [-0.2, -0.15) is 0 Å². The summed E-state index contributed by atoms with van der Waals surface area (Å²) in [5.41, 5.74) is 0.206. The normalized spacial score (nSPS) is 55.5. The van der Waals surface area contributed by atoms with E-state index in [1.165, 1.54) is 12.5 Å². The lowest BCUT2D eigenvalue weighted by molar-refractivity contribution is -0.396. The molecule has 7 fully saturated rings. The van der Waals surface area contributed by atoms with E-state index in [1.807, 2.05) is 6.92 Å². The van der Waals surface area contributed by atoms with Crippen molar-refractivity contribution in [1.29, 1.82) is 0 Å². The summed E-state index contributed by atoms with van der Waals surface area (Å²) >= 11 is 0. The highest BCUT2D eigenvalue weighted by atomic mass is 16.8. The molecule has 0 bridgehead atoms. The molecule has 3 heterocycles. The third kappa shape index (κ3) is 8.08. The topological polar surface area (TPSA) is 295 Å². The van der Waals surface area contributed by atoms with Gasteiger partial charge in [0.15, 0.2) is 25.0 Å². The molecule has 0 radical (unpaired) electrons. The molecule has 8 aliphatic rings. The monoisotopic (exact) mass is 929 g/mol. The lowest BCUT2D eigenvalue weighted by atomic mass is 9.37. The van der Waals surface area contributed by atoms with Gasteiger partial charge in [-0.1, -0.05) is 53.2 Å². The molecule has 18 heteroatoms. The van der Waals surface area contributed by atoms with Crippen LogP contribution in [0.5, 0.6) is 0 Å². The molecule has 0 amide bonds. The van der Waals surface area contributed by atoms with Crippen LogP contribution in [0.15, 0.2) is 11.6 Å². The number of carboxylic acid groups (broad SMARTS) is 1. The van der Waals surface area contributed by atoms with Gasteiger partial charge in [0.25, 0.3) is 0 Å². The molecular formula is C47H76O18. The standard InChI is InChI=1S/C47H76O18/c1-20-29(51)31(53)35(57)40(60-20)64-37-32(54)30(52)24(18-48)61-41(37)65-38-34(56)33(55)36(39(58)59)63-42(38)62-28-12-15-46(6)25-9-8-21-22(44(25,4)14-11-26(46)47(28,7)19-49)10-13-45(5)23(21)16-43(2,3)17-27(45)50/h8,20,22-38,40-42,48-57H,9-19H2,1-7H3,(H,58,59)/t20-,22-,23+,24+,25-,26-,27+,28-,29-,30-,31+,32-,33-,34-,35+,36-,37+,38+,40-,41-,42+,44-,45+,46+,47+/m0/s1. The van der Waals surface area contributed by atoms with Gasteiger partial charge < -0.3 is 84.6 Å². The van der Waals surface area contributed by atoms with Crippen molar-refractivity contribution in [2.24, 2.45) is 50.7 Å². The van der Waals surface area contributed by atoms with Crippen LogP contribution >= 0.6 is 0 Å². The highest BCUT2D eigenvalue weighted by molar-refractivity contribution is 5.73. The SMILES string of the molecule is C[C@@H]1O[C@@H](O[C@H]2[C@H](O[C@H]3[C@H](O[C@H]4CC[C@]5(C)[C@H]6CC=C7[C@H]8CC(C)(C)C[C@@H](O)[C@]8(C)CC[C@@H]7[C@]6(C)CC[C@@H]5[C@@]4(C)CO)O[C@H](C(=O)O)[C@@H](O)[C@@H]3O)O[C@H](CO)[C@H](O)[C@@H]2O)[C@H](O)[C@H](O)[C@H]1O. The van der Waals surface area contributed by atoms with Crippen LogP contribution in [0.25, 0.3) is 0 Å². The van der Waals surface area contributed by atoms with E-state index in [1.54, 1.807) is 0 Å². The number of ether oxygens (including phenoxy) is 6. The Bertz CT molecular complexity index is 1770. The number of aliphatic hydroxyl groups is 10. The summed E-state index contributed by atoms with van der Waals surface area (Å²) in [5.74, 6) is -0.705. The zero-order valence-electron chi connectivity index (χ0n) is 38.8. The summed E-state index contributed by atoms with van der Waals surface area (Å²) in [6, 6.07) is 0. The highest BCUT2D eigenvalue weighted by Crippen LogP contribution is 2.72. The highest BCUT2D eigenvalue weighted by Gasteiger charge is 2.67. The molecule has 5 aliphatic carbocycles. The van der Waals surface area contributed by atoms with Gasteiger partial charge in [-0.05, 0) is 105 Å². The second-order valence-electron chi connectivity index (χ2n) is 23.0. The first kappa shape index (κ1) is 50.0. The largest absolute Gasteiger partial charge is 0.479 e. The number of aliphatic hydroxyl groups excluding tert-OH is 10. The van der Waals surface area contributed by atoms with Crippen LogP contribution in [0.3, 0.4) is 0 Å². The summed E-state index contributed by atoms with van der Waals surface area (Å²) in [7, 11) is 0. The van der Waals surface area contributed by atoms with E-state index < -0.39 is 116 Å². The van der Waals surface area contributed by atoms with Gasteiger partial charge in [0, 0.05) is 10.8 Å². The molecule has 0 aromatic carbocycles. The van der Waals surface area contributed by atoms with Gasteiger partial charge in [-0.3, -0.25) is 0 Å². The van der Waals surface area contributed by atoms with Crippen LogP contribution < -0.4 is 0 Å². The second-order valence-corrected chi connectivity index (χ2v) is 23.0. The van der Waals surface area contributed by atoms with Crippen LogP contribution in [0, 0.1) is 50.7 Å². The van der Waals surface area contributed by atoms with Crippen molar-refractivity contribution in [2.75, 3.05) is 13.2 Å². The number of fused-ring (bicyclic) bond motifs is 7. The molecule has 3 aliphatic heterocycles. The number of carbonyl (C=O) groups is 1. The van der Waals surface area contributed by atoms with Gasteiger partial charge >= 0.3 is 5.97 Å². The van der Waals surface area contributed by atoms with E-state index >= 15 is 0 Å². The van der Waals surface area contributed by atoms with Crippen molar-refractivity contribution in [3.05, 3.63) is 11.6 Å². The second kappa shape index (κ2) is 17.8. The Kier molecular flexibility index (Phi) is 13.7. The summed E-state index contributed by atoms with van der Waals surface area (Å²) in [6.07, 6.45) is -17.4. The van der Waals surface area contributed by atoms with Crippen molar-refractivity contribution in [3.63, 3.8) is 0 Å². The summed E-state index contributed by atoms with van der Waals surface area (Å²) in [5, 5.41) is 120. The lowest BCUT2D eigenvalue weighted by Crippen LogP contribution is -2.68. The number of hydrogen-bond donors (Lipinski definition) is 11. The van der Waals surface area contributed by atoms with Crippen molar-refractivity contribution >= 4 is 5.97 Å². The number of hydrogen-bond acceptors (Lipinski definition) is 17. The van der Waals surface area contributed by atoms with Gasteiger partial charge in [0.05, 0.1) is 31.5 Å². The van der Waals surface area contributed by atoms with Crippen LogP contribution in [-0.4, -0.2) is 180 Å². The Morgan fingerprint density at radius 1 is 0.646 bits per heavy atom. The average Bonchev–Trinajstić information content (AvgIpc) is 3.24. The molecule has 0 aromatic heterocycles. The van der Waals surface area contributed by atoms with Crippen LogP contribution in [0.1, 0.15) is 106 Å². The fraction of sp³-hybridized carbons (Fsp3) is 0.936. The Hall–Kier alpha value is -1.43. The zero-order valence-corrected chi connectivity index (χ0v) is 38.8. The Labute approximate surface area is 380 Å². The van der Waals surface area contributed by atoms with Gasteiger partial charge in [-0.15, -0.1) is 0 Å². The molecule has 18 nitrogen and oxygen atoms in total.